The number of hydrogen-bond donors (Lipinski definition) is 0. The number of rotatable bonds is 6. The van der Waals surface area contributed by atoms with Crippen molar-refractivity contribution in [2.24, 2.45) is 0 Å². The molecule has 1 aliphatic rings. The van der Waals surface area contributed by atoms with Gasteiger partial charge in [0.15, 0.2) is 0 Å². The van der Waals surface area contributed by atoms with Crippen LogP contribution in [0.3, 0.4) is 0 Å². The molecule has 0 aromatic heterocycles. The standard InChI is InChI=1S/C20H16IN3O5/c1-2-10-22(19(26)13-4-3-5-16(11-13)24(28)29)17-12-18(25)23(20(17)27)15-8-6-14(21)7-9-15/h2-9,11,17H,1,10,12H2. The number of carbonyl (C=O) groups excluding carboxylic acids is 3. The second-order valence-electron chi connectivity index (χ2n) is 6.32. The highest BCUT2D eigenvalue weighted by molar-refractivity contribution is 14.1. The Hall–Kier alpha value is -3.08. The second-order valence-corrected chi connectivity index (χ2v) is 7.56. The summed E-state index contributed by atoms with van der Waals surface area (Å²) in [6.07, 6.45) is 1.28. The van der Waals surface area contributed by atoms with Crippen molar-refractivity contribution in [1.82, 2.24) is 4.90 Å². The maximum Gasteiger partial charge on any atom is 0.270 e. The molecule has 0 bridgehead atoms. The van der Waals surface area contributed by atoms with Crippen LogP contribution in [-0.4, -0.2) is 40.1 Å². The van der Waals surface area contributed by atoms with E-state index in [1.54, 1.807) is 24.3 Å². The highest BCUT2D eigenvalue weighted by Gasteiger charge is 2.44. The third-order valence-corrected chi connectivity index (χ3v) is 5.19. The predicted octanol–water partition coefficient (Wildman–Crippen LogP) is 3.16. The molecule has 0 spiro atoms. The molecule has 1 saturated heterocycles. The van der Waals surface area contributed by atoms with E-state index in [-0.39, 0.29) is 24.2 Å². The molecule has 8 nitrogen and oxygen atoms in total. The van der Waals surface area contributed by atoms with E-state index in [1.807, 2.05) is 0 Å². The second kappa shape index (κ2) is 8.52. The molecule has 2 aromatic rings. The van der Waals surface area contributed by atoms with Crippen LogP contribution >= 0.6 is 22.6 Å². The van der Waals surface area contributed by atoms with Crippen molar-refractivity contribution in [3.05, 3.63) is 80.4 Å². The molecule has 29 heavy (non-hydrogen) atoms. The monoisotopic (exact) mass is 505 g/mol. The van der Waals surface area contributed by atoms with Crippen LogP contribution in [0.4, 0.5) is 11.4 Å². The van der Waals surface area contributed by atoms with Gasteiger partial charge in [-0.3, -0.25) is 24.5 Å². The van der Waals surface area contributed by atoms with E-state index in [2.05, 4.69) is 29.2 Å². The molecule has 1 unspecified atom stereocenters. The Bertz CT molecular complexity index is 1010. The molecular formula is C20H16IN3O5. The number of benzene rings is 2. The Kier molecular flexibility index (Phi) is 6.06. The number of halogens is 1. The average Bonchev–Trinajstić information content (AvgIpc) is 3.00. The lowest BCUT2D eigenvalue weighted by Crippen LogP contribution is -2.45. The summed E-state index contributed by atoms with van der Waals surface area (Å²) in [6, 6.07) is 11.1. The highest BCUT2D eigenvalue weighted by atomic mass is 127. The van der Waals surface area contributed by atoms with Gasteiger partial charge in [-0.15, -0.1) is 6.58 Å². The molecule has 0 N–H and O–H groups in total. The Morgan fingerprint density at radius 1 is 1.28 bits per heavy atom. The lowest BCUT2D eigenvalue weighted by Gasteiger charge is -2.26. The Morgan fingerprint density at radius 3 is 2.59 bits per heavy atom. The maximum atomic E-state index is 13.0. The molecule has 1 atom stereocenters. The van der Waals surface area contributed by atoms with Crippen LogP contribution in [0.2, 0.25) is 0 Å². The van der Waals surface area contributed by atoms with E-state index >= 15 is 0 Å². The minimum Gasteiger partial charge on any atom is -0.322 e. The first-order chi connectivity index (χ1) is 13.8. The van der Waals surface area contributed by atoms with Crippen molar-refractivity contribution in [3.63, 3.8) is 0 Å². The molecule has 3 amide bonds. The zero-order valence-electron chi connectivity index (χ0n) is 15.2. The van der Waals surface area contributed by atoms with Gasteiger partial charge in [-0.25, -0.2) is 4.90 Å². The summed E-state index contributed by atoms with van der Waals surface area (Å²) in [5, 5.41) is 11.0. The zero-order chi connectivity index (χ0) is 21.1. The van der Waals surface area contributed by atoms with Gasteiger partial charge < -0.3 is 4.90 Å². The van der Waals surface area contributed by atoms with Gasteiger partial charge in [0.25, 0.3) is 17.5 Å². The molecule has 1 heterocycles. The zero-order valence-corrected chi connectivity index (χ0v) is 17.3. The van der Waals surface area contributed by atoms with Crippen molar-refractivity contribution < 1.29 is 19.3 Å². The molecule has 0 aliphatic carbocycles. The largest absolute Gasteiger partial charge is 0.322 e. The number of carbonyl (C=O) groups is 3. The van der Waals surface area contributed by atoms with Crippen molar-refractivity contribution in [2.45, 2.75) is 12.5 Å². The van der Waals surface area contributed by atoms with Crippen LogP contribution < -0.4 is 4.90 Å². The first kappa shape index (κ1) is 20.6. The van der Waals surface area contributed by atoms with Gasteiger partial charge in [-0.2, -0.15) is 0 Å². The number of non-ortho nitro benzene ring substituents is 1. The van der Waals surface area contributed by atoms with E-state index in [1.165, 1.54) is 29.2 Å². The van der Waals surface area contributed by atoms with Crippen LogP contribution in [0.1, 0.15) is 16.8 Å². The summed E-state index contributed by atoms with van der Waals surface area (Å²) >= 11 is 2.12. The van der Waals surface area contributed by atoms with Gasteiger partial charge in [-0.05, 0) is 52.9 Å². The van der Waals surface area contributed by atoms with Crippen molar-refractivity contribution in [1.29, 1.82) is 0 Å². The van der Waals surface area contributed by atoms with Crippen LogP contribution in [0.25, 0.3) is 0 Å². The van der Waals surface area contributed by atoms with E-state index in [0.717, 1.165) is 14.5 Å². The Labute approximate surface area is 180 Å². The van der Waals surface area contributed by atoms with Crippen LogP contribution in [0.15, 0.2) is 61.2 Å². The van der Waals surface area contributed by atoms with E-state index in [0.29, 0.717) is 5.69 Å². The number of imide groups is 1. The Balaban J connectivity index is 1.92. The molecule has 1 aliphatic heterocycles. The van der Waals surface area contributed by atoms with Gasteiger partial charge >= 0.3 is 0 Å². The number of nitro benzene ring substituents is 1. The summed E-state index contributed by atoms with van der Waals surface area (Å²) in [4.78, 5) is 51.2. The summed E-state index contributed by atoms with van der Waals surface area (Å²) in [6.45, 7) is 3.63. The maximum absolute atomic E-state index is 13.0. The third kappa shape index (κ3) is 4.19. The van der Waals surface area contributed by atoms with Gasteiger partial charge in [0.2, 0.25) is 5.91 Å². The van der Waals surface area contributed by atoms with Gasteiger partial charge in [0.1, 0.15) is 6.04 Å². The number of amides is 3. The number of nitro groups is 1. The van der Waals surface area contributed by atoms with Gasteiger partial charge in [-0.1, -0.05) is 12.1 Å². The first-order valence-electron chi connectivity index (χ1n) is 8.62. The Morgan fingerprint density at radius 2 is 1.97 bits per heavy atom. The molecule has 3 rings (SSSR count). The summed E-state index contributed by atoms with van der Waals surface area (Å²) in [7, 11) is 0. The summed E-state index contributed by atoms with van der Waals surface area (Å²) in [5.74, 6) is -1.51. The minimum absolute atomic E-state index is 0.0196. The molecule has 0 saturated carbocycles. The van der Waals surface area contributed by atoms with E-state index < -0.39 is 28.7 Å². The van der Waals surface area contributed by atoms with Crippen molar-refractivity contribution in [2.75, 3.05) is 11.4 Å². The van der Waals surface area contributed by atoms with Crippen LogP contribution in [-0.2, 0) is 9.59 Å². The number of anilines is 1. The number of nitrogens with zero attached hydrogens (tertiary/aromatic N) is 3. The lowest BCUT2D eigenvalue weighted by molar-refractivity contribution is -0.384. The lowest BCUT2D eigenvalue weighted by atomic mass is 10.1. The van der Waals surface area contributed by atoms with Crippen LogP contribution in [0, 0.1) is 13.7 Å². The quantitative estimate of drug-likeness (QED) is 0.198. The topological polar surface area (TPSA) is 101 Å². The summed E-state index contributed by atoms with van der Waals surface area (Å²) in [5.41, 5.74) is 0.266. The first-order valence-corrected chi connectivity index (χ1v) is 9.70. The highest BCUT2D eigenvalue weighted by Crippen LogP contribution is 2.27. The SMILES string of the molecule is C=CCN(C(=O)c1cccc([N+](=O)[O-])c1)C1CC(=O)N(c2ccc(I)cc2)C1=O. The third-order valence-electron chi connectivity index (χ3n) is 4.47. The van der Waals surface area contributed by atoms with Crippen LogP contribution in [0.5, 0.6) is 0 Å². The molecule has 148 valence electrons. The fourth-order valence-corrected chi connectivity index (χ4v) is 3.49. The molecule has 2 aromatic carbocycles. The van der Waals surface area contributed by atoms with E-state index in [4.69, 9.17) is 0 Å². The fourth-order valence-electron chi connectivity index (χ4n) is 3.13. The van der Waals surface area contributed by atoms with Crippen molar-refractivity contribution >= 4 is 51.7 Å². The molecule has 9 heteroatoms. The van der Waals surface area contributed by atoms with E-state index in [9.17, 15) is 24.5 Å². The average molecular weight is 505 g/mol. The van der Waals surface area contributed by atoms with Gasteiger partial charge in [0.05, 0.1) is 17.0 Å². The molecular weight excluding hydrogens is 489 g/mol. The normalized spacial score (nSPS) is 16.0. The predicted molar refractivity (Wildman–Crippen MR) is 114 cm³/mol. The molecule has 1 fully saturated rings. The van der Waals surface area contributed by atoms with Crippen molar-refractivity contribution in [3.8, 4) is 0 Å². The smallest absolute Gasteiger partial charge is 0.270 e. The number of hydrogen-bond acceptors (Lipinski definition) is 5. The van der Waals surface area contributed by atoms with Gasteiger partial charge in [0, 0.05) is 27.8 Å². The summed E-state index contributed by atoms with van der Waals surface area (Å²) < 4.78 is 0.955. The minimum atomic E-state index is -1.01. The molecule has 0 radical (unpaired) electrons. The fraction of sp³-hybridized carbons (Fsp3) is 0.150.